The van der Waals surface area contributed by atoms with Gasteiger partial charge in [-0.1, -0.05) is 0 Å². The van der Waals surface area contributed by atoms with E-state index in [4.69, 9.17) is 0 Å². The summed E-state index contributed by atoms with van der Waals surface area (Å²) in [5.41, 5.74) is 0. The molecule has 1 fully saturated rings. The molecule has 2 heterocycles. The molecular formula is C12H21N5. The first-order chi connectivity index (χ1) is 8.22. The van der Waals surface area contributed by atoms with Crippen LogP contribution >= 0.6 is 0 Å². The van der Waals surface area contributed by atoms with Crippen LogP contribution in [0.3, 0.4) is 0 Å². The molecule has 1 aliphatic rings. The summed E-state index contributed by atoms with van der Waals surface area (Å²) in [7, 11) is 2.05. The Morgan fingerprint density at radius 1 is 1.53 bits per heavy atom. The highest BCUT2D eigenvalue weighted by atomic mass is 15.3. The van der Waals surface area contributed by atoms with Crippen LogP contribution in [0, 0.1) is 0 Å². The fraction of sp³-hybridized carbons (Fsp3) is 0.667. The largest absolute Gasteiger partial charge is 0.360 e. The highest BCUT2D eigenvalue weighted by molar-refractivity contribution is 5.50. The highest BCUT2D eigenvalue weighted by Gasteiger charge is 2.19. The van der Waals surface area contributed by atoms with Crippen LogP contribution in [-0.2, 0) is 0 Å². The van der Waals surface area contributed by atoms with Crippen LogP contribution in [-0.4, -0.2) is 49.2 Å². The second-order valence-corrected chi connectivity index (χ2v) is 4.50. The van der Waals surface area contributed by atoms with Crippen LogP contribution in [0.15, 0.2) is 12.4 Å². The average Bonchev–Trinajstić information content (AvgIpc) is 2.38. The predicted octanol–water partition coefficient (Wildman–Crippen LogP) is 0.731. The van der Waals surface area contributed by atoms with Crippen molar-refractivity contribution in [3.8, 4) is 0 Å². The van der Waals surface area contributed by atoms with Crippen molar-refractivity contribution in [1.29, 1.82) is 0 Å². The third kappa shape index (κ3) is 2.66. The van der Waals surface area contributed by atoms with Crippen molar-refractivity contribution in [2.75, 3.05) is 43.0 Å². The van der Waals surface area contributed by atoms with E-state index in [0.717, 1.165) is 37.8 Å². The molecule has 1 aromatic rings. The number of rotatable bonds is 3. The standard InChI is InChI=1S/C12H21N5/c1-4-16(3)11-7-12(15-9-14-11)17-6-5-13-8-10(17)2/h7,9-10,13H,4-6,8H2,1-3H3. The van der Waals surface area contributed by atoms with E-state index in [9.17, 15) is 0 Å². The number of aromatic nitrogens is 2. The molecule has 1 unspecified atom stereocenters. The van der Waals surface area contributed by atoms with Gasteiger partial charge in [0, 0.05) is 45.3 Å². The Morgan fingerprint density at radius 2 is 2.35 bits per heavy atom. The van der Waals surface area contributed by atoms with Crippen LogP contribution in [0.1, 0.15) is 13.8 Å². The number of nitrogens with zero attached hydrogens (tertiary/aromatic N) is 4. The zero-order chi connectivity index (χ0) is 12.3. The lowest BCUT2D eigenvalue weighted by molar-refractivity contribution is 0.497. The van der Waals surface area contributed by atoms with Gasteiger partial charge in [0.2, 0.25) is 0 Å². The molecule has 1 saturated heterocycles. The molecule has 1 aliphatic heterocycles. The lowest BCUT2D eigenvalue weighted by Gasteiger charge is -2.35. The lowest BCUT2D eigenvalue weighted by Crippen LogP contribution is -2.50. The topological polar surface area (TPSA) is 44.3 Å². The molecule has 1 aromatic heterocycles. The summed E-state index contributed by atoms with van der Waals surface area (Å²) in [6, 6.07) is 2.56. The van der Waals surface area contributed by atoms with E-state index >= 15 is 0 Å². The zero-order valence-electron chi connectivity index (χ0n) is 10.8. The first kappa shape index (κ1) is 12.1. The minimum Gasteiger partial charge on any atom is -0.360 e. The molecule has 1 N–H and O–H groups in total. The summed E-state index contributed by atoms with van der Waals surface area (Å²) >= 11 is 0. The van der Waals surface area contributed by atoms with Gasteiger partial charge in [0.15, 0.2) is 0 Å². The molecule has 0 saturated carbocycles. The van der Waals surface area contributed by atoms with Crippen LogP contribution in [0.5, 0.6) is 0 Å². The minimum absolute atomic E-state index is 0.485. The second kappa shape index (κ2) is 5.31. The number of piperazine rings is 1. The van der Waals surface area contributed by atoms with E-state index in [2.05, 4.69) is 45.0 Å². The van der Waals surface area contributed by atoms with Crippen molar-refractivity contribution >= 4 is 11.6 Å². The Balaban J connectivity index is 2.20. The van der Waals surface area contributed by atoms with Crippen LogP contribution in [0.25, 0.3) is 0 Å². The number of anilines is 2. The van der Waals surface area contributed by atoms with E-state index in [-0.39, 0.29) is 0 Å². The molecule has 1 atom stereocenters. The van der Waals surface area contributed by atoms with Gasteiger partial charge in [0.25, 0.3) is 0 Å². The normalized spacial score (nSPS) is 20.4. The van der Waals surface area contributed by atoms with Gasteiger partial charge in [-0.3, -0.25) is 0 Å². The third-order valence-electron chi connectivity index (χ3n) is 3.30. The molecule has 0 aliphatic carbocycles. The fourth-order valence-corrected chi connectivity index (χ4v) is 2.05. The molecule has 5 heteroatoms. The molecule has 0 radical (unpaired) electrons. The monoisotopic (exact) mass is 235 g/mol. The summed E-state index contributed by atoms with van der Waals surface area (Å²) in [4.78, 5) is 13.2. The molecule has 2 rings (SSSR count). The highest BCUT2D eigenvalue weighted by Crippen LogP contribution is 2.19. The average molecular weight is 235 g/mol. The first-order valence-corrected chi connectivity index (χ1v) is 6.23. The van der Waals surface area contributed by atoms with Crippen molar-refractivity contribution < 1.29 is 0 Å². The quantitative estimate of drug-likeness (QED) is 0.837. The zero-order valence-corrected chi connectivity index (χ0v) is 10.8. The van der Waals surface area contributed by atoms with Gasteiger partial charge in [-0.2, -0.15) is 0 Å². The molecule has 17 heavy (non-hydrogen) atoms. The van der Waals surface area contributed by atoms with E-state index in [1.807, 2.05) is 7.05 Å². The van der Waals surface area contributed by atoms with Gasteiger partial charge in [-0.15, -0.1) is 0 Å². The molecule has 0 bridgehead atoms. The fourth-order valence-electron chi connectivity index (χ4n) is 2.05. The summed E-state index contributed by atoms with van der Waals surface area (Å²) in [6.45, 7) is 8.34. The Hall–Kier alpha value is -1.36. The Labute approximate surface area is 103 Å². The van der Waals surface area contributed by atoms with Gasteiger partial charge in [0.1, 0.15) is 18.0 Å². The summed E-state index contributed by atoms with van der Waals surface area (Å²) < 4.78 is 0. The summed E-state index contributed by atoms with van der Waals surface area (Å²) in [5.74, 6) is 2.02. The number of nitrogens with one attached hydrogen (secondary N) is 1. The third-order valence-corrected chi connectivity index (χ3v) is 3.30. The van der Waals surface area contributed by atoms with Gasteiger partial charge < -0.3 is 15.1 Å². The maximum absolute atomic E-state index is 4.39. The maximum Gasteiger partial charge on any atom is 0.134 e. The lowest BCUT2D eigenvalue weighted by atomic mass is 10.2. The van der Waals surface area contributed by atoms with E-state index in [1.165, 1.54) is 0 Å². The first-order valence-electron chi connectivity index (χ1n) is 6.23. The molecule has 0 amide bonds. The van der Waals surface area contributed by atoms with E-state index < -0.39 is 0 Å². The van der Waals surface area contributed by atoms with E-state index in [1.54, 1.807) is 6.33 Å². The Kier molecular flexibility index (Phi) is 3.78. The Morgan fingerprint density at radius 3 is 3.06 bits per heavy atom. The molecular weight excluding hydrogens is 214 g/mol. The molecule has 94 valence electrons. The van der Waals surface area contributed by atoms with Crippen molar-refractivity contribution in [2.45, 2.75) is 19.9 Å². The predicted molar refractivity (Wildman–Crippen MR) is 70.7 cm³/mol. The second-order valence-electron chi connectivity index (χ2n) is 4.50. The van der Waals surface area contributed by atoms with Crippen molar-refractivity contribution in [3.63, 3.8) is 0 Å². The molecule has 0 spiro atoms. The smallest absolute Gasteiger partial charge is 0.134 e. The minimum atomic E-state index is 0.485. The molecule has 5 nitrogen and oxygen atoms in total. The Bertz CT molecular complexity index is 368. The van der Waals surface area contributed by atoms with Crippen LogP contribution < -0.4 is 15.1 Å². The number of hydrogen-bond donors (Lipinski definition) is 1. The maximum atomic E-state index is 4.39. The van der Waals surface area contributed by atoms with Crippen molar-refractivity contribution in [2.24, 2.45) is 0 Å². The summed E-state index contributed by atoms with van der Waals surface area (Å²) in [6.07, 6.45) is 1.66. The SMILES string of the molecule is CCN(C)c1cc(N2CCNCC2C)ncn1. The van der Waals surface area contributed by atoms with Gasteiger partial charge in [-0.05, 0) is 13.8 Å². The van der Waals surface area contributed by atoms with Crippen LogP contribution in [0.4, 0.5) is 11.6 Å². The number of hydrogen-bond acceptors (Lipinski definition) is 5. The van der Waals surface area contributed by atoms with Crippen molar-refractivity contribution in [1.82, 2.24) is 15.3 Å². The van der Waals surface area contributed by atoms with Gasteiger partial charge in [0.05, 0.1) is 0 Å². The van der Waals surface area contributed by atoms with E-state index in [0.29, 0.717) is 6.04 Å². The van der Waals surface area contributed by atoms with Crippen LogP contribution in [0.2, 0.25) is 0 Å². The summed E-state index contributed by atoms with van der Waals surface area (Å²) in [5, 5.41) is 3.39. The van der Waals surface area contributed by atoms with Gasteiger partial charge in [-0.25, -0.2) is 9.97 Å². The van der Waals surface area contributed by atoms with Gasteiger partial charge >= 0.3 is 0 Å². The molecule has 0 aromatic carbocycles. The van der Waals surface area contributed by atoms with Crippen molar-refractivity contribution in [3.05, 3.63) is 12.4 Å².